The van der Waals surface area contributed by atoms with Crippen LogP contribution in [0.5, 0.6) is 5.75 Å². The highest BCUT2D eigenvalue weighted by Gasteiger charge is 2.26. The fraction of sp³-hybridized carbons (Fsp3) is 0.321. The van der Waals surface area contributed by atoms with Gasteiger partial charge in [0.15, 0.2) is 5.78 Å². The van der Waals surface area contributed by atoms with Crippen LogP contribution in [0, 0.1) is 0 Å². The zero-order chi connectivity index (χ0) is 24.2. The second kappa shape index (κ2) is 13.8. The van der Waals surface area contributed by atoms with Gasteiger partial charge in [-0.2, -0.15) is 0 Å². The number of aryl methyl sites for hydroxylation is 2. The lowest BCUT2D eigenvalue weighted by atomic mass is 9.83. The third-order valence-electron chi connectivity index (χ3n) is 5.73. The van der Waals surface area contributed by atoms with E-state index in [-0.39, 0.29) is 5.78 Å². The van der Waals surface area contributed by atoms with Crippen molar-refractivity contribution in [1.29, 1.82) is 0 Å². The van der Waals surface area contributed by atoms with E-state index in [1.54, 1.807) is 24.3 Å². The Kier molecular flexibility index (Phi) is 11.1. The van der Waals surface area contributed by atoms with Gasteiger partial charge in [0, 0.05) is 5.56 Å². The molecule has 0 radical (unpaired) electrons. The molecular weight excluding hydrogens is 431 g/mol. The summed E-state index contributed by atoms with van der Waals surface area (Å²) in [6.07, 6.45) is 2.40. The van der Waals surface area contributed by atoms with Gasteiger partial charge in [-0.15, -0.1) is 0 Å². The van der Waals surface area contributed by atoms with Gasteiger partial charge in [-0.3, -0.25) is 9.36 Å². The van der Waals surface area contributed by atoms with Gasteiger partial charge in [-0.05, 0) is 65.6 Å². The van der Waals surface area contributed by atoms with E-state index in [2.05, 4.69) is 33.8 Å². The van der Waals surface area contributed by atoms with Crippen molar-refractivity contribution in [3.63, 3.8) is 0 Å². The Balaban J connectivity index is 0.000000357. The van der Waals surface area contributed by atoms with E-state index < -0.39 is 14.8 Å². The van der Waals surface area contributed by atoms with E-state index in [9.17, 15) is 14.5 Å². The molecule has 0 fully saturated rings. The lowest BCUT2D eigenvalue weighted by Gasteiger charge is -2.21. The Hall–Kier alpha value is -2.68. The molecular formula is C28H35O4P. The molecule has 0 bridgehead atoms. The first-order chi connectivity index (χ1) is 16.0. The zero-order valence-corrected chi connectivity index (χ0v) is 21.2. The SMILES string of the molecule is CCc1cc(CC)c(C(=O)C(O)c2ccccc2)c(CC)c1CC.O=[PH2]Oc1ccccc1. The Morgan fingerprint density at radius 1 is 0.818 bits per heavy atom. The van der Waals surface area contributed by atoms with Crippen LogP contribution in [0.4, 0.5) is 0 Å². The van der Waals surface area contributed by atoms with Gasteiger partial charge in [0.2, 0.25) is 8.69 Å². The fourth-order valence-corrected chi connectivity index (χ4v) is 4.39. The largest absolute Gasteiger partial charge is 0.447 e. The second-order valence-electron chi connectivity index (χ2n) is 7.65. The van der Waals surface area contributed by atoms with E-state index in [1.165, 1.54) is 11.1 Å². The molecule has 0 aliphatic carbocycles. The highest BCUT2D eigenvalue weighted by atomic mass is 31.1. The number of benzene rings is 3. The van der Waals surface area contributed by atoms with Crippen molar-refractivity contribution in [2.75, 3.05) is 0 Å². The molecule has 2 atom stereocenters. The lowest BCUT2D eigenvalue weighted by Crippen LogP contribution is -2.18. The Morgan fingerprint density at radius 2 is 1.36 bits per heavy atom. The van der Waals surface area contributed by atoms with Gasteiger partial charge >= 0.3 is 0 Å². The van der Waals surface area contributed by atoms with Crippen molar-refractivity contribution < 1.29 is 19.0 Å². The van der Waals surface area contributed by atoms with Crippen molar-refractivity contribution >= 4 is 14.5 Å². The molecule has 176 valence electrons. The minimum absolute atomic E-state index is 0.174. The molecule has 0 aromatic heterocycles. The number of ketones is 1. The maximum atomic E-state index is 13.1. The molecule has 0 spiro atoms. The predicted octanol–water partition coefficient (Wildman–Crippen LogP) is 6.59. The standard InChI is InChI=1S/C22H28O2.C6H7O2P/c1-5-15-14-16(6-2)20(19(8-4)18(15)7-3)22(24)21(23)17-12-10-9-11-13-17;7-9-8-6-4-2-1-3-5-6/h9-14,21,23H,5-8H2,1-4H3;1-5H,9H2. The maximum absolute atomic E-state index is 13.1. The number of rotatable bonds is 9. The van der Waals surface area contributed by atoms with Gasteiger partial charge in [0.05, 0.1) is 0 Å². The molecule has 3 rings (SSSR count). The monoisotopic (exact) mass is 466 g/mol. The highest BCUT2D eigenvalue weighted by Crippen LogP contribution is 2.30. The molecule has 0 saturated carbocycles. The Bertz CT molecular complexity index is 1030. The smallest absolute Gasteiger partial charge is 0.225 e. The topological polar surface area (TPSA) is 63.6 Å². The summed E-state index contributed by atoms with van der Waals surface area (Å²) >= 11 is 0. The number of hydrogen-bond acceptors (Lipinski definition) is 4. The molecule has 3 aromatic rings. The number of para-hydroxylation sites is 1. The van der Waals surface area contributed by atoms with Gasteiger partial charge < -0.3 is 9.63 Å². The van der Waals surface area contributed by atoms with Crippen molar-refractivity contribution in [2.45, 2.75) is 59.5 Å². The molecule has 0 saturated heterocycles. The Labute approximate surface area is 198 Å². The molecule has 4 nitrogen and oxygen atoms in total. The summed E-state index contributed by atoms with van der Waals surface area (Å²) in [5.74, 6) is 0.495. The minimum atomic E-state index is -1.12. The zero-order valence-electron chi connectivity index (χ0n) is 20.0. The summed E-state index contributed by atoms with van der Waals surface area (Å²) in [6.45, 7) is 8.47. The molecule has 0 aliphatic heterocycles. The van der Waals surface area contributed by atoms with Crippen LogP contribution in [0.1, 0.15) is 72.0 Å². The summed E-state index contributed by atoms with van der Waals surface area (Å²) in [5.41, 5.74) is 6.18. The van der Waals surface area contributed by atoms with E-state index in [4.69, 9.17) is 4.52 Å². The van der Waals surface area contributed by atoms with E-state index >= 15 is 0 Å². The molecule has 2 unspecified atom stereocenters. The van der Waals surface area contributed by atoms with Gasteiger partial charge in [-0.1, -0.05) is 82.3 Å². The number of aliphatic hydroxyl groups excluding tert-OH is 1. The van der Waals surface area contributed by atoms with Crippen LogP contribution in [0.3, 0.4) is 0 Å². The summed E-state index contributed by atoms with van der Waals surface area (Å²) < 4.78 is 14.7. The third kappa shape index (κ3) is 6.90. The average molecular weight is 467 g/mol. The number of hydrogen-bond donors (Lipinski definition) is 1. The fourth-order valence-electron chi connectivity index (χ4n) is 4.12. The van der Waals surface area contributed by atoms with Crippen LogP contribution in [-0.2, 0) is 30.2 Å². The predicted molar refractivity (Wildman–Crippen MR) is 137 cm³/mol. The number of carbonyl (C=O) groups is 1. The summed E-state index contributed by atoms with van der Waals surface area (Å²) in [5, 5.41) is 10.6. The second-order valence-corrected chi connectivity index (χ2v) is 8.07. The quantitative estimate of drug-likeness (QED) is 0.285. The van der Waals surface area contributed by atoms with Crippen LogP contribution in [0.15, 0.2) is 66.7 Å². The molecule has 1 N–H and O–H groups in total. The van der Waals surface area contributed by atoms with Gasteiger partial charge in [0.1, 0.15) is 11.9 Å². The lowest BCUT2D eigenvalue weighted by molar-refractivity contribution is 0.0745. The van der Waals surface area contributed by atoms with Crippen LogP contribution < -0.4 is 4.52 Å². The maximum Gasteiger partial charge on any atom is 0.225 e. The van der Waals surface area contributed by atoms with Crippen molar-refractivity contribution in [1.82, 2.24) is 0 Å². The molecule has 0 heterocycles. The normalized spacial score (nSPS) is 11.7. The summed E-state index contributed by atoms with van der Waals surface area (Å²) in [7, 11) is -1.12. The average Bonchev–Trinajstić information content (AvgIpc) is 2.88. The molecule has 33 heavy (non-hydrogen) atoms. The van der Waals surface area contributed by atoms with Crippen molar-refractivity contribution in [3.8, 4) is 5.75 Å². The van der Waals surface area contributed by atoms with E-state index in [0.717, 1.165) is 42.4 Å². The molecule has 0 aliphatic rings. The van der Waals surface area contributed by atoms with Crippen molar-refractivity contribution in [2.24, 2.45) is 0 Å². The molecule has 0 amide bonds. The van der Waals surface area contributed by atoms with Crippen LogP contribution >= 0.6 is 8.69 Å². The van der Waals surface area contributed by atoms with Crippen LogP contribution in [-0.4, -0.2) is 10.9 Å². The first-order valence-electron chi connectivity index (χ1n) is 11.6. The van der Waals surface area contributed by atoms with Crippen molar-refractivity contribution in [3.05, 3.63) is 100 Å². The van der Waals surface area contributed by atoms with E-state index in [0.29, 0.717) is 11.3 Å². The van der Waals surface area contributed by atoms with E-state index in [1.807, 2.05) is 36.4 Å². The molecule has 3 aromatic carbocycles. The van der Waals surface area contributed by atoms with Gasteiger partial charge in [-0.25, -0.2) is 0 Å². The summed E-state index contributed by atoms with van der Waals surface area (Å²) in [4.78, 5) is 13.1. The first-order valence-corrected chi connectivity index (χ1v) is 12.5. The van der Waals surface area contributed by atoms with Gasteiger partial charge in [0.25, 0.3) is 0 Å². The summed E-state index contributed by atoms with van der Waals surface area (Å²) in [6, 6.07) is 20.5. The Morgan fingerprint density at radius 3 is 1.85 bits per heavy atom. The van der Waals surface area contributed by atoms with Crippen LogP contribution in [0.2, 0.25) is 0 Å². The number of Topliss-reactive ketones (excluding diaryl/α,β-unsaturated/α-hetero) is 1. The highest BCUT2D eigenvalue weighted by molar-refractivity contribution is 7.17. The number of aliphatic hydroxyl groups is 1. The third-order valence-corrected chi connectivity index (χ3v) is 6.10. The van der Waals surface area contributed by atoms with Crippen LogP contribution in [0.25, 0.3) is 0 Å². The minimum Gasteiger partial charge on any atom is -0.447 e. The first kappa shape index (κ1) is 26.6. The molecule has 5 heteroatoms. The number of carbonyl (C=O) groups excluding carboxylic acids is 1.